The van der Waals surface area contributed by atoms with Crippen LogP contribution < -0.4 is 5.32 Å². The molecule has 0 spiro atoms. The number of aromatic nitrogens is 5. The Hall–Kier alpha value is -1.73. The SMILES string of the molecule is CCc1nn(C)c(CC)c1CN1CCC(c2nnc3n2CCNC3)CC1. The van der Waals surface area contributed by atoms with Crippen molar-refractivity contribution < 1.29 is 0 Å². The zero-order chi connectivity index (χ0) is 18.1. The van der Waals surface area contributed by atoms with E-state index in [1.165, 1.54) is 35.6 Å². The maximum Gasteiger partial charge on any atom is 0.147 e. The molecule has 2 aromatic heterocycles. The lowest BCUT2D eigenvalue weighted by Crippen LogP contribution is -2.35. The predicted octanol–water partition coefficient (Wildman–Crippen LogP) is 1.62. The van der Waals surface area contributed by atoms with E-state index in [9.17, 15) is 0 Å². The van der Waals surface area contributed by atoms with E-state index < -0.39 is 0 Å². The number of hydrogen-bond donors (Lipinski definition) is 1. The number of hydrogen-bond acceptors (Lipinski definition) is 5. The fourth-order valence-corrected chi connectivity index (χ4v) is 4.56. The van der Waals surface area contributed by atoms with Crippen LogP contribution in [0.15, 0.2) is 0 Å². The van der Waals surface area contributed by atoms with E-state index in [-0.39, 0.29) is 0 Å². The summed E-state index contributed by atoms with van der Waals surface area (Å²) in [6, 6.07) is 0. The van der Waals surface area contributed by atoms with Crippen LogP contribution in [0.4, 0.5) is 0 Å². The van der Waals surface area contributed by atoms with Gasteiger partial charge < -0.3 is 9.88 Å². The van der Waals surface area contributed by atoms with E-state index in [1.54, 1.807) is 0 Å². The number of fused-ring (bicyclic) bond motifs is 1. The Morgan fingerprint density at radius 1 is 1.08 bits per heavy atom. The van der Waals surface area contributed by atoms with Crippen LogP contribution in [-0.4, -0.2) is 49.1 Å². The molecule has 0 aliphatic carbocycles. The molecule has 0 unspecified atom stereocenters. The first kappa shape index (κ1) is 17.7. The molecule has 0 amide bonds. The first-order valence-corrected chi connectivity index (χ1v) is 10.1. The van der Waals surface area contributed by atoms with Crippen molar-refractivity contribution in [2.45, 2.75) is 65.1 Å². The van der Waals surface area contributed by atoms with Crippen LogP contribution >= 0.6 is 0 Å². The topological polar surface area (TPSA) is 63.8 Å². The van der Waals surface area contributed by atoms with Gasteiger partial charge in [0.1, 0.15) is 11.6 Å². The summed E-state index contributed by atoms with van der Waals surface area (Å²) in [6.07, 6.45) is 4.41. The molecule has 4 heterocycles. The highest BCUT2D eigenvalue weighted by Gasteiger charge is 2.28. The molecular formula is C19H31N7. The Labute approximate surface area is 155 Å². The van der Waals surface area contributed by atoms with Crippen LogP contribution in [0, 0.1) is 0 Å². The molecular weight excluding hydrogens is 326 g/mol. The Morgan fingerprint density at radius 3 is 2.62 bits per heavy atom. The van der Waals surface area contributed by atoms with Gasteiger partial charge in [-0.05, 0) is 38.8 Å². The van der Waals surface area contributed by atoms with Crippen LogP contribution in [0.1, 0.15) is 61.2 Å². The van der Waals surface area contributed by atoms with Crippen LogP contribution in [-0.2, 0) is 39.5 Å². The van der Waals surface area contributed by atoms with E-state index in [0.717, 1.165) is 57.9 Å². The van der Waals surface area contributed by atoms with Crippen LogP contribution in [0.2, 0.25) is 0 Å². The summed E-state index contributed by atoms with van der Waals surface area (Å²) in [5, 5.41) is 17.0. The summed E-state index contributed by atoms with van der Waals surface area (Å²) in [5.74, 6) is 2.87. The van der Waals surface area contributed by atoms with Gasteiger partial charge in [0.15, 0.2) is 0 Å². The molecule has 1 N–H and O–H groups in total. The van der Waals surface area contributed by atoms with Gasteiger partial charge in [0.25, 0.3) is 0 Å². The smallest absolute Gasteiger partial charge is 0.147 e. The monoisotopic (exact) mass is 357 g/mol. The fourth-order valence-electron chi connectivity index (χ4n) is 4.56. The molecule has 142 valence electrons. The van der Waals surface area contributed by atoms with E-state index in [2.05, 4.69) is 50.6 Å². The number of likely N-dealkylation sites (tertiary alicyclic amines) is 1. The summed E-state index contributed by atoms with van der Waals surface area (Å²) in [4.78, 5) is 2.60. The van der Waals surface area contributed by atoms with Crippen molar-refractivity contribution in [2.75, 3.05) is 19.6 Å². The molecule has 26 heavy (non-hydrogen) atoms. The van der Waals surface area contributed by atoms with Gasteiger partial charge in [-0.2, -0.15) is 5.10 Å². The summed E-state index contributed by atoms with van der Waals surface area (Å²) in [7, 11) is 2.08. The molecule has 1 saturated heterocycles. The van der Waals surface area contributed by atoms with Gasteiger partial charge in [0.2, 0.25) is 0 Å². The quantitative estimate of drug-likeness (QED) is 0.881. The van der Waals surface area contributed by atoms with E-state index in [0.29, 0.717) is 5.92 Å². The van der Waals surface area contributed by atoms with Gasteiger partial charge in [-0.3, -0.25) is 9.58 Å². The average Bonchev–Trinajstić information content (AvgIpc) is 3.23. The lowest BCUT2D eigenvalue weighted by molar-refractivity contribution is 0.198. The highest BCUT2D eigenvalue weighted by molar-refractivity contribution is 5.26. The molecule has 4 rings (SSSR count). The van der Waals surface area contributed by atoms with Gasteiger partial charge in [0.05, 0.1) is 12.2 Å². The van der Waals surface area contributed by atoms with Crippen molar-refractivity contribution in [3.63, 3.8) is 0 Å². The lowest BCUT2D eigenvalue weighted by Gasteiger charge is -2.32. The Morgan fingerprint density at radius 2 is 1.88 bits per heavy atom. The van der Waals surface area contributed by atoms with Gasteiger partial charge in [-0.15, -0.1) is 10.2 Å². The third kappa shape index (κ3) is 3.18. The van der Waals surface area contributed by atoms with Crippen molar-refractivity contribution in [1.29, 1.82) is 0 Å². The molecule has 7 heteroatoms. The first-order chi connectivity index (χ1) is 12.7. The van der Waals surface area contributed by atoms with Crippen LogP contribution in [0.3, 0.4) is 0 Å². The second kappa shape index (κ2) is 7.48. The molecule has 0 atom stereocenters. The van der Waals surface area contributed by atoms with Crippen LogP contribution in [0.25, 0.3) is 0 Å². The number of nitrogens with zero attached hydrogens (tertiary/aromatic N) is 6. The van der Waals surface area contributed by atoms with E-state index >= 15 is 0 Å². The normalized spacial score (nSPS) is 19.0. The minimum atomic E-state index is 0.552. The first-order valence-electron chi connectivity index (χ1n) is 10.1. The minimum absolute atomic E-state index is 0.552. The number of aryl methyl sites for hydroxylation is 2. The number of rotatable bonds is 5. The van der Waals surface area contributed by atoms with Crippen molar-refractivity contribution in [2.24, 2.45) is 7.05 Å². The fraction of sp³-hybridized carbons (Fsp3) is 0.737. The zero-order valence-electron chi connectivity index (χ0n) is 16.3. The average molecular weight is 358 g/mol. The lowest BCUT2D eigenvalue weighted by atomic mass is 9.95. The Bertz CT molecular complexity index is 752. The summed E-state index contributed by atoms with van der Waals surface area (Å²) in [5.41, 5.74) is 4.12. The minimum Gasteiger partial charge on any atom is -0.312 e. The molecule has 0 aromatic carbocycles. The molecule has 0 bridgehead atoms. The van der Waals surface area contributed by atoms with Crippen molar-refractivity contribution in [3.8, 4) is 0 Å². The second-order valence-electron chi connectivity index (χ2n) is 7.56. The van der Waals surface area contributed by atoms with E-state index in [1.807, 2.05) is 0 Å². The summed E-state index contributed by atoms with van der Waals surface area (Å²) >= 11 is 0. The van der Waals surface area contributed by atoms with Crippen LogP contribution in [0.5, 0.6) is 0 Å². The molecule has 0 radical (unpaired) electrons. The maximum absolute atomic E-state index is 4.73. The highest BCUT2D eigenvalue weighted by atomic mass is 15.3. The van der Waals surface area contributed by atoms with Gasteiger partial charge in [0, 0.05) is 43.9 Å². The molecule has 2 aliphatic heterocycles. The molecule has 7 nitrogen and oxygen atoms in total. The highest BCUT2D eigenvalue weighted by Crippen LogP contribution is 2.29. The standard InChI is InChI=1S/C19H31N7/c1-4-16-15(17(5-2)24(3)23-16)13-25-9-6-14(7-10-25)19-22-21-18-12-20-8-11-26(18)19/h14,20H,4-13H2,1-3H3. The van der Waals surface area contributed by atoms with Gasteiger partial charge >= 0.3 is 0 Å². The summed E-state index contributed by atoms with van der Waals surface area (Å²) in [6.45, 7) is 10.6. The summed E-state index contributed by atoms with van der Waals surface area (Å²) < 4.78 is 4.43. The van der Waals surface area contributed by atoms with E-state index in [4.69, 9.17) is 5.10 Å². The Kier molecular flexibility index (Phi) is 5.09. The molecule has 2 aliphatic rings. The third-order valence-electron chi connectivity index (χ3n) is 6.01. The van der Waals surface area contributed by atoms with Crippen molar-refractivity contribution >= 4 is 0 Å². The Balaban J connectivity index is 1.42. The predicted molar refractivity (Wildman–Crippen MR) is 101 cm³/mol. The number of piperidine rings is 1. The maximum atomic E-state index is 4.73. The van der Waals surface area contributed by atoms with Gasteiger partial charge in [-0.1, -0.05) is 13.8 Å². The number of nitrogens with one attached hydrogen (secondary N) is 1. The molecule has 1 fully saturated rings. The van der Waals surface area contributed by atoms with Crippen molar-refractivity contribution in [3.05, 3.63) is 28.6 Å². The third-order valence-corrected chi connectivity index (χ3v) is 6.01. The molecule has 0 saturated carbocycles. The largest absolute Gasteiger partial charge is 0.312 e. The van der Waals surface area contributed by atoms with Crippen molar-refractivity contribution in [1.82, 2.24) is 34.8 Å². The second-order valence-corrected chi connectivity index (χ2v) is 7.56. The van der Waals surface area contributed by atoms with Gasteiger partial charge in [-0.25, -0.2) is 0 Å². The zero-order valence-corrected chi connectivity index (χ0v) is 16.3. The molecule has 2 aromatic rings.